The van der Waals surface area contributed by atoms with E-state index in [1.807, 2.05) is 37.4 Å². The highest BCUT2D eigenvalue weighted by molar-refractivity contribution is 8.00. The molecule has 2 rings (SSSR count). The minimum absolute atomic E-state index is 0.0716. The largest absolute Gasteiger partial charge is 0.355 e. The molecular formula is C20H26N2OS. The maximum atomic E-state index is 12.7. The molecule has 0 saturated heterocycles. The zero-order valence-corrected chi connectivity index (χ0v) is 15.5. The SMILES string of the molecule is CNCCCNC(=O)C(Sc1ccc(C)cc1C)c1ccccc1. The standard InChI is InChI=1S/C20H26N2OS/c1-15-10-11-18(16(2)14-15)24-19(17-8-5-4-6-9-17)20(23)22-13-7-12-21-3/h4-6,8-11,14,19,21H,7,12-13H2,1-3H3,(H,22,23). The van der Waals surface area contributed by atoms with Gasteiger partial charge < -0.3 is 10.6 Å². The second-order valence-electron chi connectivity index (χ2n) is 5.93. The average molecular weight is 343 g/mol. The van der Waals surface area contributed by atoms with E-state index in [9.17, 15) is 4.79 Å². The van der Waals surface area contributed by atoms with Gasteiger partial charge in [-0.3, -0.25) is 4.79 Å². The number of benzene rings is 2. The summed E-state index contributed by atoms with van der Waals surface area (Å²) in [6.45, 7) is 5.78. The molecule has 0 saturated carbocycles. The summed E-state index contributed by atoms with van der Waals surface area (Å²) >= 11 is 1.62. The van der Waals surface area contributed by atoms with Gasteiger partial charge in [-0.15, -0.1) is 11.8 Å². The van der Waals surface area contributed by atoms with Crippen LogP contribution >= 0.6 is 11.8 Å². The van der Waals surface area contributed by atoms with Gasteiger partial charge in [0.05, 0.1) is 0 Å². The van der Waals surface area contributed by atoms with Crippen molar-refractivity contribution in [3.8, 4) is 0 Å². The Kier molecular flexibility index (Phi) is 7.35. The van der Waals surface area contributed by atoms with E-state index in [0.29, 0.717) is 6.54 Å². The lowest BCUT2D eigenvalue weighted by molar-refractivity contribution is -0.120. The van der Waals surface area contributed by atoms with Crippen molar-refractivity contribution < 1.29 is 4.79 Å². The van der Waals surface area contributed by atoms with E-state index in [1.54, 1.807) is 11.8 Å². The summed E-state index contributed by atoms with van der Waals surface area (Å²) in [5.74, 6) is 0.0716. The molecule has 24 heavy (non-hydrogen) atoms. The molecule has 2 aromatic carbocycles. The molecule has 0 spiro atoms. The Balaban J connectivity index is 2.15. The summed E-state index contributed by atoms with van der Waals surface area (Å²) in [6, 6.07) is 16.4. The lowest BCUT2D eigenvalue weighted by Gasteiger charge is -2.18. The zero-order chi connectivity index (χ0) is 17.4. The van der Waals surface area contributed by atoms with E-state index in [0.717, 1.165) is 23.4 Å². The fourth-order valence-electron chi connectivity index (χ4n) is 2.53. The third-order valence-electron chi connectivity index (χ3n) is 3.82. The topological polar surface area (TPSA) is 41.1 Å². The van der Waals surface area contributed by atoms with Crippen molar-refractivity contribution in [3.63, 3.8) is 0 Å². The van der Waals surface area contributed by atoms with Crippen LogP contribution in [0.1, 0.15) is 28.4 Å². The molecule has 0 fully saturated rings. The van der Waals surface area contributed by atoms with Crippen LogP contribution < -0.4 is 10.6 Å². The predicted octanol–water partition coefficient (Wildman–Crippen LogP) is 3.86. The molecule has 0 bridgehead atoms. The summed E-state index contributed by atoms with van der Waals surface area (Å²) in [4.78, 5) is 13.9. The van der Waals surface area contributed by atoms with E-state index in [1.165, 1.54) is 11.1 Å². The van der Waals surface area contributed by atoms with Crippen LogP contribution in [0, 0.1) is 13.8 Å². The van der Waals surface area contributed by atoms with Gasteiger partial charge >= 0.3 is 0 Å². The third kappa shape index (κ3) is 5.39. The van der Waals surface area contributed by atoms with Crippen LogP contribution in [0.15, 0.2) is 53.4 Å². The van der Waals surface area contributed by atoms with Crippen LogP contribution in [0.5, 0.6) is 0 Å². The first-order valence-electron chi connectivity index (χ1n) is 8.33. The highest BCUT2D eigenvalue weighted by Crippen LogP contribution is 2.37. The van der Waals surface area contributed by atoms with Crippen molar-refractivity contribution in [2.45, 2.75) is 30.4 Å². The van der Waals surface area contributed by atoms with Crippen LogP contribution in [0.25, 0.3) is 0 Å². The minimum Gasteiger partial charge on any atom is -0.355 e. The van der Waals surface area contributed by atoms with Crippen LogP contribution in [0.4, 0.5) is 0 Å². The van der Waals surface area contributed by atoms with Gasteiger partial charge in [-0.1, -0.05) is 48.0 Å². The molecule has 1 unspecified atom stereocenters. The first-order chi connectivity index (χ1) is 11.6. The van der Waals surface area contributed by atoms with E-state index in [4.69, 9.17) is 0 Å². The fraction of sp³-hybridized carbons (Fsp3) is 0.350. The molecule has 0 aliphatic rings. The molecule has 1 amide bonds. The monoisotopic (exact) mass is 342 g/mol. The van der Waals surface area contributed by atoms with Gasteiger partial charge in [0, 0.05) is 11.4 Å². The predicted molar refractivity (Wildman–Crippen MR) is 103 cm³/mol. The van der Waals surface area contributed by atoms with Gasteiger partial charge in [-0.05, 0) is 51.1 Å². The summed E-state index contributed by atoms with van der Waals surface area (Å²) in [6.07, 6.45) is 0.929. The number of amides is 1. The number of hydrogen-bond donors (Lipinski definition) is 2. The highest BCUT2D eigenvalue weighted by atomic mass is 32.2. The van der Waals surface area contributed by atoms with Gasteiger partial charge in [0.1, 0.15) is 5.25 Å². The van der Waals surface area contributed by atoms with Crippen LogP contribution in [-0.2, 0) is 4.79 Å². The van der Waals surface area contributed by atoms with Crippen LogP contribution in [0.3, 0.4) is 0 Å². The Hall–Kier alpha value is -1.78. The number of hydrogen-bond acceptors (Lipinski definition) is 3. The first kappa shape index (κ1) is 18.6. The molecule has 2 N–H and O–H groups in total. The number of nitrogens with one attached hydrogen (secondary N) is 2. The van der Waals surface area contributed by atoms with Crippen molar-refractivity contribution in [1.82, 2.24) is 10.6 Å². The van der Waals surface area contributed by atoms with Crippen molar-refractivity contribution in [2.24, 2.45) is 0 Å². The smallest absolute Gasteiger partial charge is 0.237 e. The molecule has 0 aliphatic carbocycles. The molecule has 128 valence electrons. The van der Waals surface area contributed by atoms with Crippen LogP contribution in [0.2, 0.25) is 0 Å². The van der Waals surface area contributed by atoms with Gasteiger partial charge in [-0.25, -0.2) is 0 Å². The van der Waals surface area contributed by atoms with Crippen molar-refractivity contribution in [3.05, 3.63) is 65.2 Å². The Bertz CT molecular complexity index is 658. The first-order valence-corrected chi connectivity index (χ1v) is 9.21. The maximum absolute atomic E-state index is 12.7. The highest BCUT2D eigenvalue weighted by Gasteiger charge is 2.22. The Morgan fingerprint density at radius 3 is 2.50 bits per heavy atom. The molecule has 0 heterocycles. The van der Waals surface area contributed by atoms with E-state index >= 15 is 0 Å². The third-order valence-corrected chi connectivity index (χ3v) is 5.25. The second-order valence-corrected chi connectivity index (χ2v) is 7.07. The lowest BCUT2D eigenvalue weighted by atomic mass is 10.1. The van der Waals surface area contributed by atoms with Gasteiger partial charge in [0.15, 0.2) is 0 Å². The summed E-state index contributed by atoms with van der Waals surface area (Å²) in [5, 5.41) is 5.93. The number of carbonyl (C=O) groups excluding carboxylic acids is 1. The molecule has 0 aliphatic heterocycles. The maximum Gasteiger partial charge on any atom is 0.237 e. The van der Waals surface area contributed by atoms with Crippen molar-refractivity contribution in [1.29, 1.82) is 0 Å². The van der Waals surface area contributed by atoms with Crippen LogP contribution in [-0.4, -0.2) is 26.0 Å². The number of carbonyl (C=O) groups is 1. The molecular weight excluding hydrogens is 316 g/mol. The summed E-state index contributed by atoms with van der Waals surface area (Å²) in [5.41, 5.74) is 3.49. The number of thioether (sulfide) groups is 1. The second kappa shape index (κ2) is 9.50. The quantitative estimate of drug-likeness (QED) is 0.565. The van der Waals surface area contributed by atoms with E-state index in [-0.39, 0.29) is 11.2 Å². The average Bonchev–Trinajstić information content (AvgIpc) is 2.58. The van der Waals surface area contributed by atoms with E-state index < -0.39 is 0 Å². The van der Waals surface area contributed by atoms with Gasteiger partial charge in [0.2, 0.25) is 5.91 Å². The lowest BCUT2D eigenvalue weighted by Crippen LogP contribution is -2.30. The Labute approximate surface area is 149 Å². The zero-order valence-electron chi connectivity index (χ0n) is 14.6. The molecule has 0 aromatic heterocycles. The van der Waals surface area contributed by atoms with E-state index in [2.05, 4.69) is 42.7 Å². The summed E-state index contributed by atoms with van der Waals surface area (Å²) in [7, 11) is 1.92. The summed E-state index contributed by atoms with van der Waals surface area (Å²) < 4.78 is 0. The number of rotatable bonds is 8. The molecule has 0 radical (unpaired) electrons. The number of aryl methyl sites for hydroxylation is 2. The minimum atomic E-state index is -0.234. The van der Waals surface area contributed by atoms with Crippen molar-refractivity contribution in [2.75, 3.05) is 20.1 Å². The molecule has 3 nitrogen and oxygen atoms in total. The molecule has 2 aromatic rings. The van der Waals surface area contributed by atoms with Gasteiger partial charge in [0.25, 0.3) is 0 Å². The normalized spacial score (nSPS) is 12.0. The Morgan fingerprint density at radius 1 is 1.08 bits per heavy atom. The fourth-order valence-corrected chi connectivity index (χ4v) is 3.66. The van der Waals surface area contributed by atoms with Gasteiger partial charge in [-0.2, -0.15) is 0 Å². The molecule has 4 heteroatoms. The van der Waals surface area contributed by atoms with Crippen molar-refractivity contribution >= 4 is 17.7 Å². The molecule has 1 atom stereocenters. The Morgan fingerprint density at radius 2 is 1.83 bits per heavy atom.